The Hall–Kier alpha value is -0.450. The first-order valence-corrected chi connectivity index (χ1v) is 5.59. The molecule has 0 unspecified atom stereocenters. The highest BCUT2D eigenvalue weighted by molar-refractivity contribution is 9.10. The first-order chi connectivity index (χ1) is 6.27. The molecule has 2 heterocycles. The third-order valence-electron chi connectivity index (χ3n) is 1.52. The van der Waals surface area contributed by atoms with Gasteiger partial charge in [0, 0.05) is 27.0 Å². The Kier molecular flexibility index (Phi) is 2.62. The van der Waals surface area contributed by atoms with E-state index in [0.717, 1.165) is 15.7 Å². The Labute approximate surface area is 92.7 Å². The molecular formula is C8H4BrClN2S. The van der Waals surface area contributed by atoms with Crippen LogP contribution in [0.2, 0.25) is 5.28 Å². The zero-order chi connectivity index (χ0) is 9.26. The van der Waals surface area contributed by atoms with Gasteiger partial charge in [0.05, 0.1) is 5.69 Å². The van der Waals surface area contributed by atoms with Gasteiger partial charge in [-0.25, -0.2) is 9.97 Å². The van der Waals surface area contributed by atoms with E-state index in [4.69, 9.17) is 11.6 Å². The van der Waals surface area contributed by atoms with Crippen LogP contribution >= 0.6 is 38.9 Å². The van der Waals surface area contributed by atoms with Crippen molar-refractivity contribution >= 4 is 38.9 Å². The van der Waals surface area contributed by atoms with Gasteiger partial charge in [-0.15, -0.1) is 0 Å². The normalized spacial score (nSPS) is 10.3. The van der Waals surface area contributed by atoms with E-state index in [1.54, 1.807) is 17.5 Å². The van der Waals surface area contributed by atoms with Gasteiger partial charge in [-0.2, -0.15) is 11.3 Å². The standard InChI is InChI=1S/C8H4BrClN2S/c9-6-4-13-3-5(6)7-1-2-11-8(10)12-7/h1-4H. The highest BCUT2D eigenvalue weighted by Gasteiger charge is 2.05. The molecule has 0 saturated carbocycles. The fraction of sp³-hybridized carbons (Fsp3) is 0. The quantitative estimate of drug-likeness (QED) is 0.743. The van der Waals surface area contributed by atoms with Crippen LogP contribution in [-0.4, -0.2) is 9.97 Å². The number of hydrogen-bond donors (Lipinski definition) is 0. The van der Waals surface area contributed by atoms with Gasteiger partial charge in [-0.3, -0.25) is 0 Å². The lowest BCUT2D eigenvalue weighted by Gasteiger charge is -1.97. The van der Waals surface area contributed by atoms with Crippen molar-refractivity contribution in [2.75, 3.05) is 0 Å². The second-order valence-electron chi connectivity index (χ2n) is 2.34. The van der Waals surface area contributed by atoms with Crippen molar-refractivity contribution in [3.8, 4) is 11.3 Å². The fourth-order valence-electron chi connectivity index (χ4n) is 0.949. The van der Waals surface area contributed by atoms with Crippen LogP contribution in [0.15, 0.2) is 27.5 Å². The number of hydrogen-bond acceptors (Lipinski definition) is 3. The molecule has 0 aliphatic heterocycles. The maximum Gasteiger partial charge on any atom is 0.222 e. The maximum absolute atomic E-state index is 5.68. The predicted molar refractivity (Wildman–Crippen MR) is 58.1 cm³/mol. The van der Waals surface area contributed by atoms with Gasteiger partial charge in [0.2, 0.25) is 5.28 Å². The number of halogens is 2. The Balaban J connectivity index is 2.53. The van der Waals surface area contributed by atoms with Gasteiger partial charge in [-0.1, -0.05) is 0 Å². The van der Waals surface area contributed by atoms with Crippen molar-refractivity contribution in [2.24, 2.45) is 0 Å². The molecule has 0 spiro atoms. The monoisotopic (exact) mass is 274 g/mol. The highest BCUT2D eigenvalue weighted by atomic mass is 79.9. The van der Waals surface area contributed by atoms with Crippen molar-refractivity contribution in [3.05, 3.63) is 32.8 Å². The van der Waals surface area contributed by atoms with Crippen molar-refractivity contribution in [3.63, 3.8) is 0 Å². The smallest absolute Gasteiger partial charge is 0.222 e. The summed E-state index contributed by atoms with van der Waals surface area (Å²) in [4.78, 5) is 7.93. The Bertz CT molecular complexity index is 430. The molecule has 0 fully saturated rings. The van der Waals surface area contributed by atoms with Crippen LogP contribution in [0.5, 0.6) is 0 Å². The van der Waals surface area contributed by atoms with E-state index in [1.807, 2.05) is 16.8 Å². The zero-order valence-corrected chi connectivity index (χ0v) is 9.53. The molecule has 5 heteroatoms. The Morgan fingerprint density at radius 1 is 1.38 bits per heavy atom. The molecular weight excluding hydrogens is 272 g/mol. The van der Waals surface area contributed by atoms with E-state index in [0.29, 0.717) is 0 Å². The van der Waals surface area contributed by atoms with Crippen LogP contribution in [0.1, 0.15) is 0 Å². The van der Waals surface area contributed by atoms with Crippen LogP contribution in [0.4, 0.5) is 0 Å². The highest BCUT2D eigenvalue weighted by Crippen LogP contribution is 2.30. The van der Waals surface area contributed by atoms with E-state index in [-0.39, 0.29) is 5.28 Å². The summed E-state index contributed by atoms with van der Waals surface area (Å²) in [6.45, 7) is 0. The molecule has 0 amide bonds. The summed E-state index contributed by atoms with van der Waals surface area (Å²) in [6.07, 6.45) is 1.65. The van der Waals surface area contributed by atoms with Crippen LogP contribution in [-0.2, 0) is 0 Å². The van der Waals surface area contributed by atoms with E-state index < -0.39 is 0 Å². The van der Waals surface area contributed by atoms with Gasteiger partial charge in [0.15, 0.2) is 0 Å². The van der Waals surface area contributed by atoms with Crippen molar-refractivity contribution in [1.29, 1.82) is 0 Å². The van der Waals surface area contributed by atoms with Crippen molar-refractivity contribution in [2.45, 2.75) is 0 Å². The molecule has 66 valence electrons. The summed E-state index contributed by atoms with van der Waals surface area (Å²) in [6, 6.07) is 1.83. The minimum absolute atomic E-state index is 0.274. The minimum Gasteiger partial charge on any atom is -0.226 e. The molecule has 0 aliphatic rings. The van der Waals surface area contributed by atoms with Gasteiger partial charge in [-0.05, 0) is 33.6 Å². The largest absolute Gasteiger partial charge is 0.226 e. The van der Waals surface area contributed by atoms with Crippen LogP contribution in [0.25, 0.3) is 11.3 Å². The number of nitrogens with zero attached hydrogens (tertiary/aromatic N) is 2. The molecule has 2 rings (SSSR count). The Morgan fingerprint density at radius 3 is 2.85 bits per heavy atom. The average Bonchev–Trinajstić information content (AvgIpc) is 2.51. The third-order valence-corrected chi connectivity index (χ3v) is 3.40. The van der Waals surface area contributed by atoms with E-state index in [2.05, 4.69) is 25.9 Å². The molecule has 0 atom stereocenters. The summed E-state index contributed by atoms with van der Waals surface area (Å²) in [5.74, 6) is 0. The minimum atomic E-state index is 0.274. The molecule has 0 bridgehead atoms. The topological polar surface area (TPSA) is 25.8 Å². The molecule has 13 heavy (non-hydrogen) atoms. The number of thiophene rings is 1. The number of aromatic nitrogens is 2. The van der Waals surface area contributed by atoms with E-state index in [1.165, 1.54) is 0 Å². The SMILES string of the molecule is Clc1nccc(-c2cscc2Br)n1. The molecule has 0 aromatic carbocycles. The third kappa shape index (κ3) is 1.90. The maximum atomic E-state index is 5.68. The number of rotatable bonds is 1. The molecule has 2 aromatic heterocycles. The van der Waals surface area contributed by atoms with Crippen LogP contribution < -0.4 is 0 Å². The fourth-order valence-corrected chi connectivity index (χ4v) is 2.59. The van der Waals surface area contributed by atoms with Gasteiger partial charge < -0.3 is 0 Å². The van der Waals surface area contributed by atoms with Crippen LogP contribution in [0, 0.1) is 0 Å². The first-order valence-electron chi connectivity index (χ1n) is 3.48. The van der Waals surface area contributed by atoms with E-state index in [9.17, 15) is 0 Å². The van der Waals surface area contributed by atoms with Gasteiger partial charge in [0.25, 0.3) is 0 Å². The second kappa shape index (κ2) is 3.74. The molecule has 0 N–H and O–H groups in total. The summed E-state index contributed by atoms with van der Waals surface area (Å²) < 4.78 is 1.03. The van der Waals surface area contributed by atoms with E-state index >= 15 is 0 Å². The summed E-state index contributed by atoms with van der Waals surface area (Å²) in [5.41, 5.74) is 1.89. The average molecular weight is 276 g/mol. The lowest BCUT2D eigenvalue weighted by Crippen LogP contribution is -1.84. The molecule has 0 radical (unpaired) electrons. The zero-order valence-electron chi connectivity index (χ0n) is 6.37. The predicted octanol–water partition coefficient (Wildman–Crippen LogP) is 3.62. The van der Waals surface area contributed by atoms with Gasteiger partial charge in [0.1, 0.15) is 0 Å². The van der Waals surface area contributed by atoms with Crippen molar-refractivity contribution in [1.82, 2.24) is 9.97 Å². The first kappa shape index (κ1) is 9.12. The second-order valence-corrected chi connectivity index (χ2v) is 4.28. The summed E-state index contributed by atoms with van der Waals surface area (Å²) >= 11 is 10.7. The molecule has 2 aromatic rings. The van der Waals surface area contributed by atoms with Crippen LogP contribution in [0.3, 0.4) is 0 Å². The lowest BCUT2D eigenvalue weighted by atomic mass is 10.2. The summed E-state index contributed by atoms with van der Waals surface area (Å²) in [7, 11) is 0. The molecule has 0 aliphatic carbocycles. The van der Waals surface area contributed by atoms with Crippen molar-refractivity contribution < 1.29 is 0 Å². The van der Waals surface area contributed by atoms with Gasteiger partial charge >= 0.3 is 0 Å². The summed E-state index contributed by atoms with van der Waals surface area (Å²) in [5, 5.41) is 4.30. The molecule has 2 nitrogen and oxygen atoms in total. The molecule has 0 saturated heterocycles. The Morgan fingerprint density at radius 2 is 2.23 bits per heavy atom. The lowest BCUT2D eigenvalue weighted by molar-refractivity contribution is 1.17.